The number of fused-ring (bicyclic) bond motifs is 10. The Balaban J connectivity index is 1.23. The fourth-order valence-corrected chi connectivity index (χ4v) is 9.58. The normalized spacial score (nSPS) is 14.1. The molecule has 2 aliphatic carbocycles. The number of hydrogen-bond acceptors (Lipinski definition) is 4. The van der Waals surface area contributed by atoms with Crippen LogP contribution in [0.2, 0.25) is 0 Å². The zero-order chi connectivity index (χ0) is 42.5. The molecule has 62 heavy (non-hydrogen) atoms. The van der Waals surface area contributed by atoms with E-state index in [0.717, 1.165) is 78.3 Å². The van der Waals surface area contributed by atoms with Gasteiger partial charge in [0, 0.05) is 29.6 Å². The Morgan fingerprint density at radius 2 is 1.03 bits per heavy atom. The number of hydrogen-bond donors (Lipinski definition) is 0. The van der Waals surface area contributed by atoms with Crippen molar-refractivity contribution < 1.29 is 9.47 Å². The minimum atomic E-state index is -0.778. The molecule has 1 atom stereocenters. The van der Waals surface area contributed by atoms with Crippen LogP contribution in [0.5, 0.6) is 11.5 Å². The van der Waals surface area contributed by atoms with Crippen molar-refractivity contribution in [2.24, 2.45) is 0 Å². The minimum absolute atomic E-state index is 0.0506. The van der Waals surface area contributed by atoms with Crippen LogP contribution in [0.15, 0.2) is 176 Å². The predicted octanol–water partition coefficient (Wildman–Crippen LogP) is 14.8. The Morgan fingerprint density at radius 3 is 1.73 bits per heavy atom. The Morgan fingerprint density at radius 1 is 0.484 bits per heavy atom. The van der Waals surface area contributed by atoms with Crippen LogP contribution in [0.25, 0.3) is 49.4 Å². The summed E-state index contributed by atoms with van der Waals surface area (Å²) in [5.41, 5.74) is 16.4. The van der Waals surface area contributed by atoms with Gasteiger partial charge in [-0.05, 0) is 137 Å². The van der Waals surface area contributed by atoms with Crippen LogP contribution in [0, 0.1) is 17.9 Å². The molecular weight excluding hydrogens is 759 g/mol. The summed E-state index contributed by atoms with van der Waals surface area (Å²) in [5.74, 6) is 1.42. The number of nitrogens with zero attached hydrogens (tertiary/aromatic N) is 3. The summed E-state index contributed by atoms with van der Waals surface area (Å²) < 4.78 is 12.8. The fraction of sp³-hybridized carbons (Fsp3) is 0.123. The van der Waals surface area contributed by atoms with Gasteiger partial charge in [0.05, 0.1) is 41.5 Å². The van der Waals surface area contributed by atoms with Crippen LogP contribution >= 0.6 is 0 Å². The highest BCUT2D eigenvalue weighted by Gasteiger charge is 2.52. The van der Waals surface area contributed by atoms with Gasteiger partial charge in [-0.2, -0.15) is 5.26 Å². The van der Waals surface area contributed by atoms with Crippen molar-refractivity contribution in [3.63, 3.8) is 0 Å². The Bertz CT molecular complexity index is 3040. The molecule has 0 saturated carbocycles. The van der Waals surface area contributed by atoms with Crippen molar-refractivity contribution in [3.05, 3.63) is 215 Å². The molecule has 0 amide bonds. The average molecular weight is 802 g/mol. The molecule has 1 spiro atoms. The largest absolute Gasteiger partial charge is 0.491 e. The lowest BCUT2D eigenvalue weighted by Gasteiger charge is -2.32. The molecule has 1 unspecified atom stereocenters. The van der Waals surface area contributed by atoms with E-state index < -0.39 is 5.41 Å². The third-order valence-corrected chi connectivity index (χ3v) is 11.9. The number of ether oxygens (including phenoxy) is 2. The molecule has 2 aliphatic rings. The van der Waals surface area contributed by atoms with Crippen molar-refractivity contribution in [1.29, 1.82) is 5.26 Å². The SMILES string of the molecule is [C-]#[N+]c1ccc2c(c1)C1(c3ccccc3-c3ccc(N(c4cc(OC(C)C)cc(OC(C)C)c4)c4cccc(-c5cccc(-c6ccccc6)c5)c4)cc31)c1cc(C#N)ccc1-2. The fourth-order valence-electron chi connectivity index (χ4n) is 9.58. The number of anilines is 3. The van der Waals surface area contributed by atoms with E-state index in [2.05, 4.69) is 167 Å². The van der Waals surface area contributed by atoms with Crippen LogP contribution in [-0.2, 0) is 5.41 Å². The van der Waals surface area contributed by atoms with Gasteiger partial charge in [0.15, 0.2) is 5.69 Å². The smallest absolute Gasteiger partial charge is 0.187 e. The molecule has 0 aromatic heterocycles. The quantitative estimate of drug-likeness (QED) is 0.136. The standard InChI is InChI=1S/C57H43N3O2/c1-36(2)61-47-31-46(32-48(34-47)62-37(3)4)60(44-18-12-17-42(29-44)41-16-11-15-40(28-41)39-13-7-6-8-14-39)45-23-26-52-49-19-9-10-20-53(49)57(56(52)33-45)54-27-38(35-58)21-24-50(54)51-25-22-43(59-5)30-55(51)57/h6-34,36-37H,1-4H3. The second-order valence-corrected chi connectivity index (χ2v) is 16.6. The lowest BCUT2D eigenvalue weighted by Crippen LogP contribution is -2.26. The van der Waals surface area contributed by atoms with Gasteiger partial charge in [-0.1, -0.05) is 115 Å². The monoisotopic (exact) mass is 801 g/mol. The highest BCUT2D eigenvalue weighted by Crippen LogP contribution is 2.64. The molecular formula is C57H43N3O2. The highest BCUT2D eigenvalue weighted by molar-refractivity contribution is 5.97. The van der Waals surface area contributed by atoms with Crippen LogP contribution in [0.4, 0.5) is 22.7 Å². The molecule has 8 aromatic carbocycles. The van der Waals surface area contributed by atoms with Gasteiger partial charge in [0.25, 0.3) is 0 Å². The van der Waals surface area contributed by atoms with Crippen LogP contribution in [-0.4, -0.2) is 12.2 Å². The molecule has 10 rings (SSSR count). The Labute approximate surface area is 363 Å². The first kappa shape index (κ1) is 38.3. The molecule has 0 bridgehead atoms. The number of rotatable bonds is 9. The van der Waals surface area contributed by atoms with Gasteiger partial charge in [-0.15, -0.1) is 0 Å². The van der Waals surface area contributed by atoms with E-state index in [9.17, 15) is 5.26 Å². The van der Waals surface area contributed by atoms with E-state index in [-0.39, 0.29) is 12.2 Å². The predicted molar refractivity (Wildman–Crippen MR) is 251 cm³/mol. The van der Waals surface area contributed by atoms with E-state index in [4.69, 9.17) is 16.0 Å². The molecule has 0 fully saturated rings. The van der Waals surface area contributed by atoms with Crippen molar-refractivity contribution in [2.75, 3.05) is 4.90 Å². The molecule has 0 saturated heterocycles. The van der Waals surface area contributed by atoms with Gasteiger partial charge in [-0.3, -0.25) is 0 Å². The number of nitriles is 1. The van der Waals surface area contributed by atoms with Gasteiger partial charge in [0.2, 0.25) is 0 Å². The summed E-state index contributed by atoms with van der Waals surface area (Å²) in [6, 6.07) is 63.9. The van der Waals surface area contributed by atoms with Gasteiger partial charge in [0.1, 0.15) is 11.5 Å². The van der Waals surface area contributed by atoms with Crippen LogP contribution < -0.4 is 14.4 Å². The summed E-state index contributed by atoms with van der Waals surface area (Å²) >= 11 is 0. The maximum atomic E-state index is 10.3. The molecule has 5 heteroatoms. The van der Waals surface area contributed by atoms with Crippen molar-refractivity contribution in [2.45, 2.75) is 45.3 Å². The topological polar surface area (TPSA) is 49.9 Å². The molecule has 0 N–H and O–H groups in total. The van der Waals surface area contributed by atoms with Gasteiger partial charge >= 0.3 is 0 Å². The molecule has 8 aromatic rings. The Hall–Kier alpha value is -7.86. The van der Waals surface area contributed by atoms with Crippen molar-refractivity contribution in [3.8, 4) is 62.1 Å². The second kappa shape index (κ2) is 15.3. The summed E-state index contributed by atoms with van der Waals surface area (Å²) in [7, 11) is 0. The molecule has 298 valence electrons. The van der Waals surface area contributed by atoms with Crippen molar-refractivity contribution in [1.82, 2.24) is 0 Å². The summed E-state index contributed by atoms with van der Waals surface area (Å²) in [6.07, 6.45) is -0.101. The summed E-state index contributed by atoms with van der Waals surface area (Å²) in [6.45, 7) is 16.2. The molecule has 0 aliphatic heterocycles. The maximum Gasteiger partial charge on any atom is 0.187 e. The highest BCUT2D eigenvalue weighted by atomic mass is 16.5. The lowest BCUT2D eigenvalue weighted by molar-refractivity contribution is 0.229. The molecule has 0 radical (unpaired) electrons. The van der Waals surface area contributed by atoms with Crippen LogP contribution in [0.3, 0.4) is 0 Å². The summed E-state index contributed by atoms with van der Waals surface area (Å²) in [5, 5.41) is 10.3. The number of benzene rings is 8. The first-order chi connectivity index (χ1) is 30.2. The van der Waals surface area contributed by atoms with Crippen LogP contribution in [0.1, 0.15) is 55.5 Å². The molecule has 0 heterocycles. The van der Waals surface area contributed by atoms with E-state index in [1.165, 1.54) is 5.56 Å². The Kier molecular flexibility index (Phi) is 9.47. The first-order valence-electron chi connectivity index (χ1n) is 21.1. The third-order valence-electron chi connectivity index (χ3n) is 11.9. The minimum Gasteiger partial charge on any atom is -0.491 e. The van der Waals surface area contributed by atoms with Gasteiger partial charge in [-0.25, -0.2) is 4.85 Å². The van der Waals surface area contributed by atoms with Gasteiger partial charge < -0.3 is 14.4 Å². The first-order valence-corrected chi connectivity index (χ1v) is 21.1. The molecule has 5 nitrogen and oxygen atoms in total. The maximum absolute atomic E-state index is 10.3. The van der Waals surface area contributed by atoms with E-state index in [0.29, 0.717) is 22.7 Å². The second-order valence-electron chi connectivity index (χ2n) is 16.6. The van der Waals surface area contributed by atoms with E-state index >= 15 is 0 Å². The lowest BCUT2D eigenvalue weighted by atomic mass is 9.70. The summed E-state index contributed by atoms with van der Waals surface area (Å²) in [4.78, 5) is 6.21. The average Bonchev–Trinajstić information content (AvgIpc) is 3.75. The van der Waals surface area contributed by atoms with E-state index in [1.807, 2.05) is 52.0 Å². The zero-order valence-electron chi connectivity index (χ0n) is 35.1. The zero-order valence-corrected chi connectivity index (χ0v) is 35.1. The van der Waals surface area contributed by atoms with Crippen molar-refractivity contribution >= 4 is 22.7 Å². The van der Waals surface area contributed by atoms with E-state index in [1.54, 1.807) is 0 Å². The third kappa shape index (κ3) is 6.38.